The van der Waals surface area contributed by atoms with E-state index in [0.717, 1.165) is 64.8 Å². The molecule has 206 valence electrons. The molecule has 8 nitrogen and oxygen atoms in total. The molecule has 2 bridgehead atoms. The summed E-state index contributed by atoms with van der Waals surface area (Å²) in [6.07, 6.45) is 7.97. The van der Waals surface area contributed by atoms with E-state index in [1.807, 2.05) is 12.1 Å². The first-order valence-electron chi connectivity index (χ1n) is 14.2. The van der Waals surface area contributed by atoms with E-state index in [1.165, 1.54) is 12.8 Å². The quantitative estimate of drug-likeness (QED) is 0.526. The van der Waals surface area contributed by atoms with Gasteiger partial charge in [0.05, 0.1) is 11.8 Å². The first-order chi connectivity index (χ1) is 17.9. The molecule has 6 atom stereocenters. The Morgan fingerprint density at radius 3 is 2.08 bits per heavy atom. The molecule has 0 unspecified atom stereocenters. The van der Waals surface area contributed by atoms with Gasteiger partial charge in [-0.25, -0.2) is 0 Å². The maximum Gasteiger partial charge on any atom is 0.285 e. The van der Waals surface area contributed by atoms with Crippen molar-refractivity contribution >= 4 is 40.1 Å². The van der Waals surface area contributed by atoms with Gasteiger partial charge < -0.3 is 4.90 Å². The van der Waals surface area contributed by atoms with Crippen LogP contribution < -0.4 is 0 Å². The summed E-state index contributed by atoms with van der Waals surface area (Å²) in [7, 11) is -3.60. The number of fused-ring (bicyclic) bond motifs is 6. The third-order valence-electron chi connectivity index (χ3n) is 10.3. The van der Waals surface area contributed by atoms with Gasteiger partial charge in [-0.3, -0.25) is 19.4 Å². The number of likely N-dealkylation sites (tertiary alicyclic amines) is 1. The molecule has 0 aromatic heterocycles. The number of hydrogen-bond donors (Lipinski definition) is 0. The second-order valence-electron chi connectivity index (χ2n) is 12.2. The molecule has 6 aliphatic rings. The van der Waals surface area contributed by atoms with E-state index in [2.05, 4.69) is 14.2 Å². The molecular formula is C28H37ClN4O4S. The van der Waals surface area contributed by atoms with Gasteiger partial charge >= 0.3 is 0 Å². The minimum Gasteiger partial charge on any atom is -0.353 e. The molecule has 2 amide bonds. The van der Waals surface area contributed by atoms with Gasteiger partial charge in [0.25, 0.3) is 10.0 Å². The Morgan fingerprint density at radius 1 is 0.816 bits per heavy atom. The normalized spacial score (nSPS) is 35.7. The number of rotatable bonds is 4. The van der Waals surface area contributed by atoms with Gasteiger partial charge in [-0.1, -0.05) is 25.0 Å². The zero-order valence-electron chi connectivity index (χ0n) is 21.7. The van der Waals surface area contributed by atoms with Gasteiger partial charge in [-0.15, -0.1) is 16.8 Å². The van der Waals surface area contributed by atoms with Crippen LogP contribution in [0.3, 0.4) is 0 Å². The van der Waals surface area contributed by atoms with Gasteiger partial charge in [0, 0.05) is 44.8 Å². The highest BCUT2D eigenvalue weighted by molar-refractivity contribution is 7.90. The monoisotopic (exact) mass is 560 g/mol. The molecule has 3 saturated carbocycles. The van der Waals surface area contributed by atoms with Crippen LogP contribution in [0.2, 0.25) is 0 Å². The lowest BCUT2D eigenvalue weighted by Crippen LogP contribution is -2.51. The second kappa shape index (κ2) is 9.89. The molecule has 0 spiro atoms. The van der Waals surface area contributed by atoms with E-state index < -0.39 is 10.0 Å². The van der Waals surface area contributed by atoms with Crippen molar-refractivity contribution in [1.82, 2.24) is 14.7 Å². The van der Waals surface area contributed by atoms with Crippen molar-refractivity contribution in [2.75, 3.05) is 39.3 Å². The summed E-state index contributed by atoms with van der Waals surface area (Å²) in [5, 5.41) is 0. The number of carbonyl (C=O) groups is 2. The fourth-order valence-corrected chi connectivity index (χ4v) is 9.67. The standard InChI is InChI=1S/C28H36N4O4S.ClH/c33-27-24-18-9-10-19(15-18)25(24)28(34)32(27)17-21-6-2-1-5-20(21)16-30-11-13-31(14-12-30)26-22-7-3-4-8-23(22)37(35,36)29-26;/h3-4,7-8,18-21,24-25H,1-2,5-6,9-17H2;1H/t18-,19+,20-,21-,24+,25-;/m0./s1. The molecule has 38 heavy (non-hydrogen) atoms. The highest BCUT2D eigenvalue weighted by atomic mass is 35.5. The van der Waals surface area contributed by atoms with Crippen molar-refractivity contribution in [1.29, 1.82) is 0 Å². The van der Waals surface area contributed by atoms with Crippen molar-refractivity contribution < 1.29 is 18.0 Å². The van der Waals surface area contributed by atoms with E-state index in [0.29, 0.717) is 46.5 Å². The molecular weight excluding hydrogens is 524 g/mol. The molecule has 1 aromatic rings. The Bertz CT molecular complexity index is 1230. The SMILES string of the molecule is Cl.O=C1[C@@H]2[C@H]3CC[C@H](C3)[C@@H]2C(=O)N1C[C@@H]1CCCC[C@H]1CN1CCN(C2=NS(=O)(=O)c3ccccc32)CC1. The number of benzene rings is 1. The molecule has 3 aliphatic carbocycles. The third-order valence-corrected chi connectivity index (χ3v) is 11.6. The number of piperazine rings is 1. The third kappa shape index (κ3) is 4.20. The lowest BCUT2D eigenvalue weighted by atomic mass is 9.78. The highest BCUT2D eigenvalue weighted by Gasteiger charge is 2.61. The summed E-state index contributed by atoms with van der Waals surface area (Å²) in [4.78, 5) is 33.1. The zero-order valence-corrected chi connectivity index (χ0v) is 23.3. The number of imide groups is 1. The summed E-state index contributed by atoms with van der Waals surface area (Å²) in [6, 6.07) is 7.09. The lowest BCUT2D eigenvalue weighted by molar-refractivity contribution is -0.142. The first kappa shape index (κ1) is 26.3. The summed E-state index contributed by atoms with van der Waals surface area (Å²) < 4.78 is 29.1. The van der Waals surface area contributed by atoms with Crippen molar-refractivity contribution in [3.63, 3.8) is 0 Å². The Balaban J connectivity index is 0.00000264. The molecule has 0 radical (unpaired) electrons. The Hall–Kier alpha value is -1.97. The Labute approximate surface area is 231 Å². The maximum atomic E-state index is 13.3. The van der Waals surface area contributed by atoms with Crippen LogP contribution in [0.15, 0.2) is 33.6 Å². The minimum atomic E-state index is -3.60. The smallest absolute Gasteiger partial charge is 0.285 e. The van der Waals surface area contributed by atoms with Crippen molar-refractivity contribution in [3.05, 3.63) is 29.8 Å². The fraction of sp³-hybridized carbons (Fsp3) is 0.679. The molecule has 5 fully saturated rings. The topological polar surface area (TPSA) is 90.4 Å². The molecule has 7 rings (SSSR count). The number of halogens is 1. The van der Waals surface area contributed by atoms with E-state index in [9.17, 15) is 18.0 Å². The Morgan fingerprint density at radius 2 is 1.42 bits per heavy atom. The van der Waals surface area contributed by atoms with Crippen LogP contribution in [-0.4, -0.2) is 80.0 Å². The van der Waals surface area contributed by atoms with Crippen LogP contribution in [0, 0.1) is 35.5 Å². The van der Waals surface area contributed by atoms with Crippen LogP contribution in [0.25, 0.3) is 0 Å². The van der Waals surface area contributed by atoms with Crippen molar-refractivity contribution in [2.24, 2.45) is 39.9 Å². The van der Waals surface area contributed by atoms with Crippen LogP contribution in [0.5, 0.6) is 0 Å². The zero-order chi connectivity index (χ0) is 25.3. The Kier molecular flexibility index (Phi) is 6.84. The average molecular weight is 561 g/mol. The summed E-state index contributed by atoms with van der Waals surface area (Å²) in [5.74, 6) is 2.57. The highest BCUT2D eigenvalue weighted by Crippen LogP contribution is 2.56. The van der Waals surface area contributed by atoms with Gasteiger partial charge in [0.2, 0.25) is 11.8 Å². The molecule has 2 saturated heterocycles. The van der Waals surface area contributed by atoms with Crippen LogP contribution >= 0.6 is 12.4 Å². The van der Waals surface area contributed by atoms with E-state index in [1.54, 1.807) is 17.0 Å². The minimum absolute atomic E-state index is 0. The number of sulfonamides is 1. The van der Waals surface area contributed by atoms with Crippen LogP contribution in [-0.2, 0) is 19.6 Å². The maximum absolute atomic E-state index is 13.3. The summed E-state index contributed by atoms with van der Waals surface area (Å²) >= 11 is 0. The largest absolute Gasteiger partial charge is 0.353 e. The van der Waals surface area contributed by atoms with E-state index in [-0.39, 0.29) is 36.1 Å². The van der Waals surface area contributed by atoms with Crippen molar-refractivity contribution in [2.45, 2.75) is 49.8 Å². The molecule has 3 aliphatic heterocycles. The predicted molar refractivity (Wildman–Crippen MR) is 145 cm³/mol. The van der Waals surface area contributed by atoms with Crippen LogP contribution in [0.1, 0.15) is 50.5 Å². The average Bonchev–Trinajstić information content (AvgIpc) is 3.65. The van der Waals surface area contributed by atoms with E-state index >= 15 is 0 Å². The summed E-state index contributed by atoms with van der Waals surface area (Å²) in [5.41, 5.74) is 0.710. The van der Waals surface area contributed by atoms with Gasteiger partial charge in [-0.2, -0.15) is 8.42 Å². The molecule has 3 heterocycles. The number of nitrogens with zero attached hydrogens (tertiary/aromatic N) is 4. The first-order valence-corrected chi connectivity index (χ1v) is 15.6. The number of amidine groups is 1. The summed E-state index contributed by atoms with van der Waals surface area (Å²) in [6.45, 7) is 4.80. The van der Waals surface area contributed by atoms with Gasteiger partial charge in [-0.05, 0) is 67.9 Å². The van der Waals surface area contributed by atoms with Gasteiger partial charge in [0.1, 0.15) is 4.90 Å². The second-order valence-corrected chi connectivity index (χ2v) is 13.7. The molecule has 1 aromatic carbocycles. The number of hydrogen-bond acceptors (Lipinski definition) is 6. The number of carbonyl (C=O) groups excluding carboxylic acids is 2. The van der Waals surface area contributed by atoms with Crippen molar-refractivity contribution in [3.8, 4) is 0 Å². The molecule has 0 N–H and O–H groups in total. The van der Waals surface area contributed by atoms with E-state index in [4.69, 9.17) is 0 Å². The van der Waals surface area contributed by atoms with Crippen LogP contribution in [0.4, 0.5) is 0 Å². The fourth-order valence-electron chi connectivity index (χ4n) is 8.44. The number of amides is 2. The van der Waals surface area contributed by atoms with Gasteiger partial charge in [0.15, 0.2) is 5.84 Å². The predicted octanol–water partition coefficient (Wildman–Crippen LogP) is 3.01. The lowest BCUT2D eigenvalue weighted by Gasteiger charge is -2.41. The molecule has 10 heteroatoms.